The molecule has 25 heavy (non-hydrogen) atoms. The van der Waals surface area contributed by atoms with Gasteiger partial charge in [-0.1, -0.05) is 25.1 Å². The lowest BCUT2D eigenvalue weighted by atomic mass is 9.89. The van der Waals surface area contributed by atoms with E-state index in [0.717, 1.165) is 32.8 Å². The van der Waals surface area contributed by atoms with E-state index >= 15 is 0 Å². The molecule has 0 bridgehead atoms. The fraction of sp³-hybridized carbons (Fsp3) is 0.316. The highest BCUT2D eigenvalue weighted by Gasteiger charge is 2.33. The van der Waals surface area contributed by atoms with Gasteiger partial charge in [0.1, 0.15) is 18.1 Å². The number of hydrogen-bond acceptors (Lipinski definition) is 4. The van der Waals surface area contributed by atoms with Gasteiger partial charge in [-0.3, -0.25) is 4.79 Å². The number of rotatable bonds is 4. The third-order valence-electron chi connectivity index (χ3n) is 4.93. The molecular formula is C19H18BrNO4. The molecule has 2 N–H and O–H groups in total. The van der Waals surface area contributed by atoms with E-state index in [2.05, 4.69) is 27.3 Å². The summed E-state index contributed by atoms with van der Waals surface area (Å²) in [7, 11) is 0. The first-order chi connectivity index (χ1) is 12.0. The summed E-state index contributed by atoms with van der Waals surface area (Å²) in [6.07, 6.45) is 0. The molecule has 2 aliphatic heterocycles. The van der Waals surface area contributed by atoms with Crippen LogP contribution in [0.15, 0.2) is 40.9 Å². The molecule has 0 saturated heterocycles. The number of nitrogens with one attached hydrogen (secondary N) is 1. The lowest BCUT2D eigenvalue weighted by Crippen LogP contribution is -2.19. The summed E-state index contributed by atoms with van der Waals surface area (Å²) in [5.41, 5.74) is 3.02. The quantitative estimate of drug-likeness (QED) is 0.800. The monoisotopic (exact) mass is 403 g/mol. The number of carboxylic acid groups (broad SMARTS) is 1. The highest BCUT2D eigenvalue weighted by molar-refractivity contribution is 9.10. The van der Waals surface area contributed by atoms with Gasteiger partial charge in [0.15, 0.2) is 0 Å². The van der Waals surface area contributed by atoms with Gasteiger partial charge in [0.2, 0.25) is 0 Å². The summed E-state index contributed by atoms with van der Waals surface area (Å²) >= 11 is 3.51. The zero-order valence-corrected chi connectivity index (χ0v) is 15.2. The van der Waals surface area contributed by atoms with Crippen molar-refractivity contribution in [3.63, 3.8) is 0 Å². The van der Waals surface area contributed by atoms with Crippen molar-refractivity contribution in [2.45, 2.75) is 18.9 Å². The van der Waals surface area contributed by atoms with Gasteiger partial charge in [-0.15, -0.1) is 0 Å². The van der Waals surface area contributed by atoms with Gasteiger partial charge < -0.3 is 19.9 Å². The van der Waals surface area contributed by atoms with E-state index in [0.29, 0.717) is 13.2 Å². The van der Waals surface area contributed by atoms with Crippen LogP contribution >= 0.6 is 15.9 Å². The van der Waals surface area contributed by atoms with E-state index in [1.807, 2.05) is 30.3 Å². The number of halogens is 1. The van der Waals surface area contributed by atoms with Crippen LogP contribution in [-0.2, 0) is 4.79 Å². The van der Waals surface area contributed by atoms with Crippen LogP contribution in [0, 0.1) is 5.92 Å². The number of ether oxygens (including phenoxy) is 2. The summed E-state index contributed by atoms with van der Waals surface area (Å²) in [5, 5.41) is 12.7. The second-order valence-electron chi connectivity index (χ2n) is 6.46. The molecule has 2 aliphatic rings. The van der Waals surface area contributed by atoms with Gasteiger partial charge in [0.25, 0.3) is 0 Å². The van der Waals surface area contributed by atoms with Gasteiger partial charge >= 0.3 is 5.97 Å². The molecular weight excluding hydrogens is 386 g/mol. The Labute approximate surface area is 154 Å². The Morgan fingerprint density at radius 1 is 1.24 bits per heavy atom. The average molecular weight is 404 g/mol. The van der Waals surface area contributed by atoms with Crippen LogP contribution in [0.25, 0.3) is 0 Å². The van der Waals surface area contributed by atoms with Crippen LogP contribution in [0.2, 0.25) is 0 Å². The van der Waals surface area contributed by atoms with Crippen LogP contribution in [0.1, 0.15) is 30.0 Å². The number of para-hydroxylation sites is 1. The number of anilines is 1. The molecule has 0 fully saturated rings. The molecule has 4 rings (SSSR count). The highest BCUT2D eigenvalue weighted by Crippen LogP contribution is 2.42. The zero-order chi connectivity index (χ0) is 17.6. The van der Waals surface area contributed by atoms with Crippen molar-refractivity contribution in [3.05, 3.63) is 52.0 Å². The van der Waals surface area contributed by atoms with Gasteiger partial charge in [-0.25, -0.2) is 0 Å². The van der Waals surface area contributed by atoms with Crippen LogP contribution in [-0.4, -0.2) is 24.3 Å². The second-order valence-corrected chi connectivity index (χ2v) is 7.32. The molecule has 0 spiro atoms. The zero-order valence-electron chi connectivity index (χ0n) is 13.7. The number of carboxylic acids is 1. The molecule has 2 unspecified atom stereocenters. The second kappa shape index (κ2) is 6.26. The predicted molar refractivity (Wildman–Crippen MR) is 97.5 cm³/mol. The van der Waals surface area contributed by atoms with Gasteiger partial charge in [-0.05, 0) is 28.1 Å². The molecule has 0 radical (unpaired) electrons. The number of benzene rings is 2. The fourth-order valence-corrected chi connectivity index (χ4v) is 3.94. The third-order valence-corrected chi connectivity index (χ3v) is 5.56. The molecule has 2 aromatic carbocycles. The Hall–Kier alpha value is -2.21. The van der Waals surface area contributed by atoms with E-state index in [1.165, 1.54) is 0 Å². The average Bonchev–Trinajstić information content (AvgIpc) is 3.19. The fourth-order valence-electron chi connectivity index (χ4n) is 3.44. The number of carbonyl (C=O) groups is 1. The van der Waals surface area contributed by atoms with Crippen molar-refractivity contribution >= 4 is 27.6 Å². The van der Waals surface area contributed by atoms with Crippen molar-refractivity contribution in [1.82, 2.24) is 0 Å². The molecule has 0 amide bonds. The Morgan fingerprint density at radius 2 is 2.08 bits per heavy atom. The first kappa shape index (κ1) is 16.3. The highest BCUT2D eigenvalue weighted by atomic mass is 79.9. The molecule has 0 aromatic heterocycles. The Bertz CT molecular complexity index is 838. The summed E-state index contributed by atoms with van der Waals surface area (Å²) in [5.74, 6) is 0.277. The normalized spacial score (nSPS) is 21.7. The third kappa shape index (κ3) is 2.84. The van der Waals surface area contributed by atoms with Crippen molar-refractivity contribution in [3.8, 4) is 11.5 Å². The molecule has 5 nitrogen and oxygen atoms in total. The minimum Gasteiger partial charge on any atom is -0.493 e. The minimum absolute atomic E-state index is 0.0701. The maximum absolute atomic E-state index is 11.3. The summed E-state index contributed by atoms with van der Waals surface area (Å²) < 4.78 is 12.5. The molecule has 3 atom stereocenters. The van der Waals surface area contributed by atoms with Crippen molar-refractivity contribution < 1.29 is 19.4 Å². The van der Waals surface area contributed by atoms with Crippen LogP contribution in [0.3, 0.4) is 0 Å². The topological polar surface area (TPSA) is 67.8 Å². The van der Waals surface area contributed by atoms with Gasteiger partial charge in [-0.2, -0.15) is 0 Å². The molecule has 2 aromatic rings. The van der Waals surface area contributed by atoms with Crippen molar-refractivity contribution in [1.29, 1.82) is 0 Å². The number of fused-ring (bicyclic) bond motifs is 2. The van der Waals surface area contributed by atoms with Crippen molar-refractivity contribution in [2.75, 3.05) is 18.5 Å². The summed E-state index contributed by atoms with van der Waals surface area (Å²) in [6.45, 7) is 2.70. The molecule has 0 aliphatic carbocycles. The summed E-state index contributed by atoms with van der Waals surface area (Å²) in [4.78, 5) is 11.3. The molecule has 0 saturated carbocycles. The summed E-state index contributed by atoms with van der Waals surface area (Å²) in [6, 6.07) is 12.0. The lowest BCUT2D eigenvalue weighted by Gasteiger charge is -2.15. The maximum atomic E-state index is 11.3. The van der Waals surface area contributed by atoms with E-state index in [-0.39, 0.29) is 12.0 Å². The Morgan fingerprint density at radius 3 is 2.88 bits per heavy atom. The van der Waals surface area contributed by atoms with Crippen LogP contribution in [0.5, 0.6) is 11.5 Å². The number of hydrogen-bond donors (Lipinski definition) is 2. The Balaban J connectivity index is 1.55. The Kier molecular flexibility index (Phi) is 4.07. The smallest absolute Gasteiger partial charge is 0.306 e. The van der Waals surface area contributed by atoms with E-state index in [9.17, 15) is 9.90 Å². The largest absolute Gasteiger partial charge is 0.493 e. The standard InChI is InChI=1S/C19H18BrNO4/c1-10(19(22)23)14-8-24-17-7-11(5-6-12(14)17)21-16-9-25-18-13(16)3-2-4-15(18)20/h2-7,10,14,16,21H,8-9H2,1H3,(H,22,23)/t10?,14-,16?/m0/s1. The molecule has 2 heterocycles. The van der Waals surface area contributed by atoms with Crippen LogP contribution < -0.4 is 14.8 Å². The van der Waals surface area contributed by atoms with Crippen molar-refractivity contribution in [2.24, 2.45) is 5.92 Å². The van der Waals surface area contributed by atoms with Gasteiger partial charge in [0, 0.05) is 28.8 Å². The molecule has 130 valence electrons. The number of aliphatic carboxylic acids is 1. The maximum Gasteiger partial charge on any atom is 0.306 e. The SMILES string of the molecule is CC(C(=O)O)[C@@H]1COc2cc(NC3COc4c(Br)cccc43)ccc21. The van der Waals surface area contributed by atoms with E-state index in [4.69, 9.17) is 9.47 Å². The molecule has 6 heteroatoms. The first-order valence-corrected chi connectivity index (χ1v) is 9.01. The predicted octanol–water partition coefficient (Wildman–Crippen LogP) is 4.19. The van der Waals surface area contributed by atoms with E-state index < -0.39 is 11.9 Å². The van der Waals surface area contributed by atoms with Gasteiger partial charge in [0.05, 0.1) is 23.0 Å². The lowest BCUT2D eigenvalue weighted by molar-refractivity contribution is -0.142. The van der Waals surface area contributed by atoms with Crippen LogP contribution in [0.4, 0.5) is 5.69 Å². The first-order valence-electron chi connectivity index (χ1n) is 8.22. The minimum atomic E-state index is -0.797. The van der Waals surface area contributed by atoms with E-state index in [1.54, 1.807) is 6.92 Å².